The van der Waals surface area contributed by atoms with E-state index in [1.54, 1.807) is 13.8 Å². The van der Waals surface area contributed by atoms with Crippen LogP contribution in [-0.2, 0) is 9.59 Å². The minimum absolute atomic E-state index is 0.0959. The number of imide groups is 1. The second-order valence-electron chi connectivity index (χ2n) is 6.38. The predicted molar refractivity (Wildman–Crippen MR) is 96.1 cm³/mol. The number of nitrogens with zero attached hydrogens (tertiary/aromatic N) is 1. The van der Waals surface area contributed by atoms with Crippen molar-refractivity contribution in [2.24, 2.45) is 0 Å². The van der Waals surface area contributed by atoms with Crippen LogP contribution in [0.3, 0.4) is 0 Å². The molecule has 0 aromatic heterocycles. The van der Waals surface area contributed by atoms with E-state index in [4.69, 9.17) is 0 Å². The zero-order chi connectivity index (χ0) is 17.9. The van der Waals surface area contributed by atoms with E-state index < -0.39 is 5.54 Å². The van der Waals surface area contributed by atoms with Gasteiger partial charge in [0.15, 0.2) is 0 Å². The lowest BCUT2D eigenvalue weighted by atomic mass is 10.1. The fraction of sp³-hybridized carbons (Fsp3) is 0.471. The van der Waals surface area contributed by atoms with Gasteiger partial charge in [0.05, 0.1) is 5.25 Å². The number of nitrogens with one attached hydrogen (secondary N) is 2. The van der Waals surface area contributed by atoms with Crippen molar-refractivity contribution in [1.82, 2.24) is 10.2 Å². The largest absolute Gasteiger partial charge is 0.325 e. The molecule has 1 saturated heterocycles. The van der Waals surface area contributed by atoms with Gasteiger partial charge in [-0.25, -0.2) is 4.79 Å². The van der Waals surface area contributed by atoms with E-state index in [9.17, 15) is 14.4 Å². The number of urea groups is 1. The van der Waals surface area contributed by atoms with Crippen molar-refractivity contribution in [3.05, 3.63) is 29.8 Å². The van der Waals surface area contributed by atoms with E-state index in [0.717, 1.165) is 11.3 Å². The molecule has 0 spiro atoms. The van der Waals surface area contributed by atoms with Crippen LogP contribution in [0.5, 0.6) is 0 Å². The summed E-state index contributed by atoms with van der Waals surface area (Å²) in [5.41, 5.74) is 1.04. The Bertz CT molecular complexity index is 643. The first kappa shape index (κ1) is 18.3. The zero-order valence-electron chi connectivity index (χ0n) is 14.4. The Balaban J connectivity index is 1.79. The summed E-state index contributed by atoms with van der Waals surface area (Å²) in [5.74, 6) is 0.184. The van der Waals surface area contributed by atoms with Crippen molar-refractivity contribution in [3.63, 3.8) is 0 Å². The molecule has 130 valence electrons. The molecule has 2 N–H and O–H groups in total. The number of thioether (sulfide) groups is 1. The van der Waals surface area contributed by atoms with Gasteiger partial charge in [-0.1, -0.05) is 17.7 Å². The van der Waals surface area contributed by atoms with Crippen LogP contribution in [0.15, 0.2) is 24.3 Å². The van der Waals surface area contributed by atoms with Crippen molar-refractivity contribution in [2.45, 2.75) is 38.5 Å². The molecule has 0 saturated carbocycles. The lowest BCUT2D eigenvalue weighted by Gasteiger charge is -2.17. The van der Waals surface area contributed by atoms with Gasteiger partial charge in [0, 0.05) is 18.0 Å². The predicted octanol–water partition coefficient (Wildman–Crippen LogP) is 2.39. The third kappa shape index (κ3) is 4.29. The molecule has 0 radical (unpaired) electrons. The monoisotopic (exact) mass is 349 g/mol. The van der Waals surface area contributed by atoms with Gasteiger partial charge in [0.25, 0.3) is 5.91 Å². The number of aryl methyl sites for hydroxylation is 1. The molecule has 1 atom stereocenters. The third-order valence-corrected chi connectivity index (χ3v) is 4.95. The van der Waals surface area contributed by atoms with Crippen molar-refractivity contribution in [1.29, 1.82) is 0 Å². The highest BCUT2D eigenvalue weighted by Gasteiger charge is 2.43. The Morgan fingerprint density at radius 3 is 2.46 bits per heavy atom. The Kier molecular flexibility index (Phi) is 5.54. The van der Waals surface area contributed by atoms with E-state index >= 15 is 0 Å². The summed E-state index contributed by atoms with van der Waals surface area (Å²) < 4.78 is 0. The summed E-state index contributed by atoms with van der Waals surface area (Å²) in [6, 6.07) is 7.22. The molecular weight excluding hydrogens is 326 g/mol. The molecule has 1 aromatic carbocycles. The third-order valence-electron chi connectivity index (χ3n) is 3.82. The van der Waals surface area contributed by atoms with Gasteiger partial charge >= 0.3 is 6.03 Å². The summed E-state index contributed by atoms with van der Waals surface area (Å²) >= 11 is 1.41. The van der Waals surface area contributed by atoms with Gasteiger partial charge in [-0.3, -0.25) is 14.5 Å². The highest BCUT2D eigenvalue weighted by molar-refractivity contribution is 8.00. The molecule has 1 heterocycles. The Morgan fingerprint density at radius 2 is 1.92 bits per heavy atom. The maximum atomic E-state index is 12.2. The second-order valence-corrected chi connectivity index (χ2v) is 7.83. The Hall–Kier alpha value is -2.02. The van der Waals surface area contributed by atoms with E-state index in [0.29, 0.717) is 12.3 Å². The summed E-state index contributed by atoms with van der Waals surface area (Å²) in [6.45, 7) is 7.45. The average molecular weight is 349 g/mol. The van der Waals surface area contributed by atoms with Gasteiger partial charge < -0.3 is 10.6 Å². The van der Waals surface area contributed by atoms with Gasteiger partial charge in [-0.2, -0.15) is 0 Å². The summed E-state index contributed by atoms with van der Waals surface area (Å²) in [7, 11) is 0. The minimum atomic E-state index is -0.851. The number of carbonyl (C=O) groups is 3. The van der Waals surface area contributed by atoms with E-state index in [2.05, 4.69) is 10.6 Å². The number of carbonyl (C=O) groups excluding carboxylic acids is 3. The number of hydrogen-bond acceptors (Lipinski definition) is 4. The summed E-state index contributed by atoms with van der Waals surface area (Å²) in [4.78, 5) is 37.2. The lowest BCUT2D eigenvalue weighted by molar-refractivity contribution is -0.130. The molecule has 2 rings (SSSR count). The summed E-state index contributed by atoms with van der Waals surface area (Å²) in [5, 5.41) is 5.22. The first-order valence-corrected chi connectivity index (χ1v) is 8.89. The standard InChI is InChI=1S/C17H23N3O3S/c1-11-5-7-13(8-6-11)18-14(21)12(2)24-10-9-20-15(22)17(3,4)19-16(20)23/h5-8,12H,9-10H2,1-4H3,(H,18,21)(H,19,23)/t12-/m1/s1. The number of rotatable bonds is 6. The van der Waals surface area contributed by atoms with Crippen molar-refractivity contribution < 1.29 is 14.4 Å². The number of amides is 4. The van der Waals surface area contributed by atoms with Gasteiger partial charge in [0.2, 0.25) is 5.91 Å². The van der Waals surface area contributed by atoms with Crippen molar-refractivity contribution in [3.8, 4) is 0 Å². The average Bonchev–Trinajstić information content (AvgIpc) is 2.71. The molecule has 24 heavy (non-hydrogen) atoms. The topological polar surface area (TPSA) is 78.5 Å². The SMILES string of the molecule is Cc1ccc(NC(=O)[C@@H](C)SCCN2C(=O)NC(C)(C)C2=O)cc1. The molecule has 0 aliphatic carbocycles. The van der Waals surface area contributed by atoms with Crippen LogP contribution < -0.4 is 10.6 Å². The molecule has 4 amide bonds. The van der Waals surface area contributed by atoms with E-state index in [-0.39, 0.29) is 23.1 Å². The molecular formula is C17H23N3O3S. The fourth-order valence-electron chi connectivity index (χ4n) is 2.30. The second kappa shape index (κ2) is 7.25. The molecule has 6 nitrogen and oxygen atoms in total. The van der Waals surface area contributed by atoms with Crippen molar-refractivity contribution >= 4 is 35.3 Å². The first-order valence-electron chi connectivity index (χ1n) is 7.84. The van der Waals surface area contributed by atoms with Gasteiger partial charge in [-0.15, -0.1) is 11.8 Å². The zero-order valence-corrected chi connectivity index (χ0v) is 15.2. The van der Waals surface area contributed by atoms with Crippen LogP contribution in [0, 0.1) is 6.92 Å². The van der Waals surface area contributed by atoms with Crippen LogP contribution in [0.4, 0.5) is 10.5 Å². The Labute approximate surface area is 146 Å². The normalized spacial score (nSPS) is 17.6. The number of hydrogen-bond donors (Lipinski definition) is 2. The van der Waals surface area contributed by atoms with E-state index in [1.807, 2.05) is 38.1 Å². The van der Waals surface area contributed by atoms with Crippen LogP contribution in [0.25, 0.3) is 0 Å². The molecule has 7 heteroatoms. The van der Waals surface area contributed by atoms with Crippen molar-refractivity contribution in [2.75, 3.05) is 17.6 Å². The van der Waals surface area contributed by atoms with Gasteiger partial charge in [0.1, 0.15) is 5.54 Å². The molecule has 1 fully saturated rings. The summed E-state index contributed by atoms with van der Waals surface area (Å²) in [6.07, 6.45) is 0. The molecule has 1 aromatic rings. The Morgan fingerprint density at radius 1 is 1.29 bits per heavy atom. The number of anilines is 1. The number of benzene rings is 1. The maximum absolute atomic E-state index is 12.2. The van der Waals surface area contributed by atoms with Crippen LogP contribution in [0.1, 0.15) is 26.3 Å². The smallest absolute Gasteiger partial charge is 0.325 e. The molecule has 1 aliphatic heterocycles. The maximum Gasteiger partial charge on any atom is 0.325 e. The molecule has 0 unspecified atom stereocenters. The minimum Gasteiger partial charge on any atom is -0.325 e. The van der Waals surface area contributed by atoms with Crippen LogP contribution in [-0.4, -0.2) is 45.8 Å². The highest BCUT2D eigenvalue weighted by Crippen LogP contribution is 2.19. The van der Waals surface area contributed by atoms with E-state index in [1.165, 1.54) is 16.7 Å². The quantitative estimate of drug-likeness (QED) is 0.773. The molecule has 1 aliphatic rings. The van der Waals surface area contributed by atoms with Crippen LogP contribution >= 0.6 is 11.8 Å². The molecule has 0 bridgehead atoms. The van der Waals surface area contributed by atoms with Gasteiger partial charge in [-0.05, 0) is 39.8 Å². The lowest BCUT2D eigenvalue weighted by Crippen LogP contribution is -2.40. The van der Waals surface area contributed by atoms with Crippen LogP contribution in [0.2, 0.25) is 0 Å². The first-order chi connectivity index (χ1) is 11.2. The highest BCUT2D eigenvalue weighted by atomic mass is 32.2. The fourth-order valence-corrected chi connectivity index (χ4v) is 3.15.